The number of hydrogen-bond donors (Lipinski definition) is 2. The summed E-state index contributed by atoms with van der Waals surface area (Å²) in [5, 5.41) is 0. The Morgan fingerprint density at radius 1 is 1.43 bits per heavy atom. The van der Waals surface area contributed by atoms with Crippen LogP contribution in [0.5, 0.6) is 0 Å². The first-order valence-electron chi connectivity index (χ1n) is 4.15. The lowest BCUT2D eigenvalue weighted by molar-refractivity contribution is 0.508. The van der Waals surface area contributed by atoms with Gasteiger partial charge in [0.15, 0.2) is 11.6 Å². The summed E-state index contributed by atoms with van der Waals surface area (Å²) < 4.78 is 25.4. The zero-order valence-corrected chi connectivity index (χ0v) is 7.72. The van der Waals surface area contributed by atoms with Crippen LogP contribution in [-0.4, -0.2) is 12.4 Å². The molecule has 0 bridgehead atoms. The van der Waals surface area contributed by atoms with E-state index in [1.165, 1.54) is 6.07 Å². The van der Waals surface area contributed by atoms with E-state index in [0.29, 0.717) is 17.9 Å². The SMILES string of the molecule is CCN=C(NN)c1ccc(F)c(F)c1. The number of aliphatic imine (C=N–C) groups is 1. The Morgan fingerprint density at radius 3 is 2.64 bits per heavy atom. The fourth-order valence-corrected chi connectivity index (χ4v) is 1.02. The van der Waals surface area contributed by atoms with Crippen LogP contribution in [0, 0.1) is 11.6 Å². The summed E-state index contributed by atoms with van der Waals surface area (Å²) in [6.07, 6.45) is 0. The number of hydrogen-bond acceptors (Lipinski definition) is 2. The lowest BCUT2D eigenvalue weighted by Crippen LogP contribution is -2.31. The number of nitrogens with one attached hydrogen (secondary N) is 1. The van der Waals surface area contributed by atoms with Gasteiger partial charge >= 0.3 is 0 Å². The van der Waals surface area contributed by atoms with Gasteiger partial charge < -0.3 is 5.43 Å². The van der Waals surface area contributed by atoms with Crippen molar-refractivity contribution in [1.82, 2.24) is 5.43 Å². The van der Waals surface area contributed by atoms with Gasteiger partial charge in [0.1, 0.15) is 5.84 Å². The van der Waals surface area contributed by atoms with Gasteiger partial charge in [-0.2, -0.15) is 0 Å². The molecule has 0 amide bonds. The molecule has 3 nitrogen and oxygen atoms in total. The normalized spacial score (nSPS) is 11.6. The molecule has 0 saturated carbocycles. The second-order valence-electron chi connectivity index (χ2n) is 2.60. The van der Waals surface area contributed by atoms with Crippen molar-refractivity contribution in [2.45, 2.75) is 6.92 Å². The molecule has 76 valence electrons. The Balaban J connectivity index is 3.06. The predicted octanol–water partition coefficient (Wildman–Crippen LogP) is 1.19. The maximum absolute atomic E-state index is 12.8. The smallest absolute Gasteiger partial charge is 0.159 e. The highest BCUT2D eigenvalue weighted by Gasteiger charge is 2.06. The molecule has 0 aliphatic carbocycles. The molecule has 0 aliphatic heterocycles. The van der Waals surface area contributed by atoms with Crippen LogP contribution in [0.1, 0.15) is 12.5 Å². The third-order valence-electron chi connectivity index (χ3n) is 1.65. The van der Waals surface area contributed by atoms with Crippen LogP contribution in [0.15, 0.2) is 23.2 Å². The first-order valence-corrected chi connectivity index (χ1v) is 4.15. The monoisotopic (exact) mass is 199 g/mol. The van der Waals surface area contributed by atoms with Crippen LogP contribution < -0.4 is 11.3 Å². The average molecular weight is 199 g/mol. The highest BCUT2D eigenvalue weighted by Crippen LogP contribution is 2.08. The minimum atomic E-state index is -0.915. The molecule has 3 N–H and O–H groups in total. The van der Waals surface area contributed by atoms with Crippen LogP contribution in [0.4, 0.5) is 8.78 Å². The molecule has 14 heavy (non-hydrogen) atoms. The maximum Gasteiger partial charge on any atom is 0.159 e. The fourth-order valence-electron chi connectivity index (χ4n) is 1.02. The van der Waals surface area contributed by atoms with E-state index in [9.17, 15) is 8.78 Å². The number of amidine groups is 1. The summed E-state index contributed by atoms with van der Waals surface area (Å²) in [6.45, 7) is 2.33. The van der Waals surface area contributed by atoms with E-state index in [-0.39, 0.29) is 0 Å². The van der Waals surface area contributed by atoms with E-state index in [1.54, 1.807) is 0 Å². The fraction of sp³-hybridized carbons (Fsp3) is 0.222. The highest BCUT2D eigenvalue weighted by atomic mass is 19.2. The van der Waals surface area contributed by atoms with Crippen LogP contribution in [0.2, 0.25) is 0 Å². The van der Waals surface area contributed by atoms with Gasteiger partial charge in [-0.1, -0.05) is 0 Å². The number of nitrogens with two attached hydrogens (primary N) is 1. The van der Waals surface area contributed by atoms with Gasteiger partial charge in [-0.15, -0.1) is 0 Å². The zero-order valence-electron chi connectivity index (χ0n) is 7.72. The van der Waals surface area contributed by atoms with Crippen molar-refractivity contribution in [2.24, 2.45) is 10.8 Å². The topological polar surface area (TPSA) is 50.4 Å². The lowest BCUT2D eigenvalue weighted by atomic mass is 10.2. The van der Waals surface area contributed by atoms with Crippen LogP contribution in [0.25, 0.3) is 0 Å². The zero-order chi connectivity index (χ0) is 10.6. The molecule has 0 aromatic heterocycles. The number of halogens is 2. The number of benzene rings is 1. The van der Waals surface area contributed by atoms with Crippen molar-refractivity contribution in [1.29, 1.82) is 0 Å². The van der Waals surface area contributed by atoms with E-state index in [2.05, 4.69) is 10.4 Å². The van der Waals surface area contributed by atoms with Gasteiger partial charge in [0, 0.05) is 12.1 Å². The summed E-state index contributed by atoms with van der Waals surface area (Å²) in [4.78, 5) is 3.98. The van der Waals surface area contributed by atoms with Gasteiger partial charge in [-0.3, -0.25) is 4.99 Å². The van der Waals surface area contributed by atoms with E-state index in [0.717, 1.165) is 12.1 Å². The van der Waals surface area contributed by atoms with Gasteiger partial charge in [0.25, 0.3) is 0 Å². The molecule has 5 heteroatoms. The Bertz CT molecular complexity index is 350. The van der Waals surface area contributed by atoms with Gasteiger partial charge in [-0.05, 0) is 25.1 Å². The first-order chi connectivity index (χ1) is 6.69. The summed E-state index contributed by atoms with van der Waals surface area (Å²) in [5.41, 5.74) is 2.75. The van der Waals surface area contributed by atoms with Crippen LogP contribution in [-0.2, 0) is 0 Å². The maximum atomic E-state index is 12.8. The van der Waals surface area contributed by atoms with Crippen molar-refractivity contribution < 1.29 is 8.78 Å². The standard InChI is InChI=1S/C9H11F2N3/c1-2-13-9(14-12)6-3-4-7(10)8(11)5-6/h3-5H,2,12H2,1H3,(H,13,14). The van der Waals surface area contributed by atoms with Crippen molar-refractivity contribution in [3.05, 3.63) is 35.4 Å². The minimum Gasteiger partial charge on any atom is -0.308 e. The van der Waals surface area contributed by atoms with E-state index in [4.69, 9.17) is 5.84 Å². The summed E-state index contributed by atoms with van der Waals surface area (Å²) in [7, 11) is 0. The van der Waals surface area contributed by atoms with Crippen molar-refractivity contribution >= 4 is 5.84 Å². The van der Waals surface area contributed by atoms with Crippen LogP contribution in [0.3, 0.4) is 0 Å². The lowest BCUT2D eigenvalue weighted by Gasteiger charge is -2.05. The molecule has 0 fully saturated rings. The number of nitrogens with zero attached hydrogens (tertiary/aromatic N) is 1. The molecule has 0 radical (unpaired) electrons. The van der Waals surface area contributed by atoms with Gasteiger partial charge in [0.2, 0.25) is 0 Å². The van der Waals surface area contributed by atoms with Crippen molar-refractivity contribution in [3.8, 4) is 0 Å². The molecule has 1 rings (SSSR count). The number of rotatable bonds is 2. The Labute approximate surface area is 80.6 Å². The van der Waals surface area contributed by atoms with Crippen molar-refractivity contribution in [3.63, 3.8) is 0 Å². The molecule has 0 heterocycles. The Hall–Kier alpha value is -1.49. The molecule has 1 aromatic carbocycles. The Kier molecular flexibility index (Phi) is 3.53. The third kappa shape index (κ3) is 2.26. The second kappa shape index (κ2) is 4.66. The molecular formula is C9H11F2N3. The first kappa shape index (κ1) is 10.6. The van der Waals surface area contributed by atoms with Gasteiger partial charge in [0.05, 0.1) is 0 Å². The average Bonchev–Trinajstić information content (AvgIpc) is 2.19. The molecule has 0 spiro atoms. The van der Waals surface area contributed by atoms with E-state index >= 15 is 0 Å². The molecule has 1 aromatic rings. The summed E-state index contributed by atoms with van der Waals surface area (Å²) in [6, 6.07) is 3.49. The molecule has 0 atom stereocenters. The van der Waals surface area contributed by atoms with Crippen LogP contribution >= 0.6 is 0 Å². The molecule has 0 unspecified atom stereocenters. The van der Waals surface area contributed by atoms with E-state index in [1.807, 2.05) is 6.92 Å². The third-order valence-corrected chi connectivity index (χ3v) is 1.65. The minimum absolute atomic E-state index is 0.339. The molecular weight excluding hydrogens is 188 g/mol. The highest BCUT2D eigenvalue weighted by molar-refractivity contribution is 5.98. The second-order valence-corrected chi connectivity index (χ2v) is 2.60. The van der Waals surface area contributed by atoms with E-state index < -0.39 is 11.6 Å². The Morgan fingerprint density at radius 2 is 2.14 bits per heavy atom. The van der Waals surface area contributed by atoms with Crippen molar-refractivity contribution in [2.75, 3.05) is 6.54 Å². The summed E-state index contributed by atoms with van der Waals surface area (Å²) in [5.74, 6) is 3.72. The molecule has 0 saturated heterocycles. The quantitative estimate of drug-likeness (QED) is 0.325. The van der Waals surface area contributed by atoms with Gasteiger partial charge in [-0.25, -0.2) is 14.6 Å². The molecule has 0 aliphatic rings. The largest absolute Gasteiger partial charge is 0.308 e. The predicted molar refractivity (Wildman–Crippen MR) is 50.8 cm³/mol. The number of hydrazine groups is 1. The summed E-state index contributed by atoms with van der Waals surface area (Å²) >= 11 is 0.